The normalized spacial score (nSPS) is 13.9. The summed E-state index contributed by atoms with van der Waals surface area (Å²) >= 11 is 0. The highest BCUT2D eigenvalue weighted by molar-refractivity contribution is 5.95. The van der Waals surface area contributed by atoms with Crippen molar-refractivity contribution < 1.29 is 14.6 Å². The van der Waals surface area contributed by atoms with Crippen LogP contribution < -0.4 is 4.74 Å². The van der Waals surface area contributed by atoms with Crippen LogP contribution in [-0.2, 0) is 6.54 Å². The number of carboxylic acid groups (broad SMARTS) is 1. The molecule has 21 heavy (non-hydrogen) atoms. The number of ether oxygens (including phenoxy) is 1. The minimum Gasteiger partial charge on any atom is -0.478 e. The minimum atomic E-state index is -1.02. The maximum absolute atomic E-state index is 11.1. The number of carboxylic acids is 1. The van der Waals surface area contributed by atoms with Gasteiger partial charge in [0.15, 0.2) is 0 Å². The smallest absolute Gasteiger partial charge is 0.339 e. The van der Waals surface area contributed by atoms with E-state index in [4.69, 9.17) is 9.84 Å². The lowest BCUT2D eigenvalue weighted by Gasteiger charge is -2.15. The van der Waals surface area contributed by atoms with Crippen LogP contribution in [0.15, 0.2) is 24.8 Å². The maximum atomic E-state index is 11.1. The Balaban J connectivity index is 1.84. The standard InChI is InChI=1S/C13H11N5O3/c19-13(20)9-5-16-18-7-10(14-6-11(9)18)8-4-15-17-2-1-3-21-12(8)17/h4-7H,1-3H2,(H,19,20). The molecule has 0 saturated heterocycles. The highest BCUT2D eigenvalue weighted by atomic mass is 16.5. The lowest BCUT2D eigenvalue weighted by Crippen LogP contribution is -2.15. The first kappa shape index (κ1) is 11.9. The summed E-state index contributed by atoms with van der Waals surface area (Å²) in [5.74, 6) is -0.329. The minimum absolute atomic E-state index is 0.127. The summed E-state index contributed by atoms with van der Waals surface area (Å²) < 4.78 is 8.94. The first-order chi connectivity index (χ1) is 10.2. The van der Waals surface area contributed by atoms with Gasteiger partial charge in [0.1, 0.15) is 5.56 Å². The van der Waals surface area contributed by atoms with Crippen molar-refractivity contribution in [1.29, 1.82) is 0 Å². The van der Waals surface area contributed by atoms with E-state index in [2.05, 4.69) is 15.2 Å². The van der Waals surface area contributed by atoms with Gasteiger partial charge in [0, 0.05) is 13.0 Å². The Morgan fingerprint density at radius 3 is 3.05 bits per heavy atom. The van der Waals surface area contributed by atoms with Crippen LogP contribution in [0.25, 0.3) is 16.8 Å². The Morgan fingerprint density at radius 2 is 2.19 bits per heavy atom. The van der Waals surface area contributed by atoms with Gasteiger partial charge in [-0.3, -0.25) is 4.98 Å². The van der Waals surface area contributed by atoms with Crippen LogP contribution in [0.2, 0.25) is 0 Å². The summed E-state index contributed by atoms with van der Waals surface area (Å²) in [6.07, 6.45) is 7.13. The summed E-state index contributed by atoms with van der Waals surface area (Å²) in [4.78, 5) is 15.4. The quantitative estimate of drug-likeness (QED) is 0.757. The molecule has 4 rings (SSSR count). The Bertz CT molecular complexity index is 851. The molecule has 3 aromatic rings. The molecule has 0 atom stereocenters. The predicted octanol–water partition coefficient (Wildman–Crippen LogP) is 1.07. The third-order valence-corrected chi connectivity index (χ3v) is 3.45. The van der Waals surface area contributed by atoms with Crippen LogP contribution in [0.5, 0.6) is 5.88 Å². The number of carbonyl (C=O) groups is 1. The van der Waals surface area contributed by atoms with Gasteiger partial charge in [0.2, 0.25) is 5.88 Å². The molecule has 1 aliphatic rings. The summed E-state index contributed by atoms with van der Waals surface area (Å²) in [6.45, 7) is 1.48. The van der Waals surface area contributed by atoms with E-state index < -0.39 is 5.97 Å². The number of nitrogens with zero attached hydrogens (tertiary/aromatic N) is 5. The fourth-order valence-electron chi connectivity index (χ4n) is 2.43. The number of aryl methyl sites for hydroxylation is 1. The number of aromatic carboxylic acids is 1. The van der Waals surface area contributed by atoms with Crippen molar-refractivity contribution in [2.75, 3.05) is 6.61 Å². The molecule has 1 aliphatic heterocycles. The fraction of sp³-hybridized carbons (Fsp3) is 0.231. The van der Waals surface area contributed by atoms with E-state index in [1.807, 2.05) is 0 Å². The van der Waals surface area contributed by atoms with Crippen LogP contribution in [0.3, 0.4) is 0 Å². The number of aromatic nitrogens is 5. The Kier molecular flexibility index (Phi) is 2.44. The average molecular weight is 285 g/mol. The maximum Gasteiger partial charge on any atom is 0.339 e. The van der Waals surface area contributed by atoms with Crippen molar-refractivity contribution in [2.45, 2.75) is 13.0 Å². The second-order valence-corrected chi connectivity index (χ2v) is 4.75. The summed E-state index contributed by atoms with van der Waals surface area (Å²) in [7, 11) is 0. The van der Waals surface area contributed by atoms with Crippen LogP contribution in [0, 0.1) is 0 Å². The van der Waals surface area contributed by atoms with Gasteiger partial charge in [-0.15, -0.1) is 0 Å². The molecular formula is C13H11N5O3. The topological polar surface area (TPSA) is 94.5 Å². The molecule has 3 aromatic heterocycles. The molecule has 8 heteroatoms. The van der Waals surface area contributed by atoms with E-state index in [0.717, 1.165) is 18.5 Å². The van der Waals surface area contributed by atoms with Gasteiger partial charge in [-0.2, -0.15) is 10.2 Å². The van der Waals surface area contributed by atoms with Gasteiger partial charge in [-0.25, -0.2) is 14.0 Å². The van der Waals surface area contributed by atoms with Gasteiger partial charge in [-0.05, 0) is 0 Å². The van der Waals surface area contributed by atoms with Crippen molar-refractivity contribution in [1.82, 2.24) is 24.4 Å². The zero-order valence-corrected chi connectivity index (χ0v) is 10.9. The lowest BCUT2D eigenvalue weighted by molar-refractivity contribution is 0.0699. The third-order valence-electron chi connectivity index (χ3n) is 3.45. The molecule has 0 fully saturated rings. The third kappa shape index (κ3) is 1.76. The summed E-state index contributed by atoms with van der Waals surface area (Å²) in [6, 6.07) is 0. The van der Waals surface area contributed by atoms with Gasteiger partial charge < -0.3 is 9.84 Å². The second-order valence-electron chi connectivity index (χ2n) is 4.75. The molecule has 0 radical (unpaired) electrons. The Hall–Kier alpha value is -2.90. The van der Waals surface area contributed by atoms with Crippen LogP contribution in [0.4, 0.5) is 0 Å². The van der Waals surface area contributed by atoms with E-state index in [9.17, 15) is 4.79 Å². The zero-order chi connectivity index (χ0) is 14.4. The fourth-order valence-corrected chi connectivity index (χ4v) is 2.43. The van der Waals surface area contributed by atoms with Crippen LogP contribution >= 0.6 is 0 Å². The zero-order valence-electron chi connectivity index (χ0n) is 10.9. The molecule has 0 bridgehead atoms. The number of fused-ring (bicyclic) bond motifs is 2. The molecule has 0 aromatic carbocycles. The van der Waals surface area contributed by atoms with Crippen molar-refractivity contribution in [2.24, 2.45) is 0 Å². The van der Waals surface area contributed by atoms with E-state index in [-0.39, 0.29) is 5.56 Å². The van der Waals surface area contributed by atoms with Crippen LogP contribution in [0.1, 0.15) is 16.8 Å². The van der Waals surface area contributed by atoms with E-state index >= 15 is 0 Å². The lowest BCUT2D eigenvalue weighted by atomic mass is 10.2. The molecular weight excluding hydrogens is 274 g/mol. The summed E-state index contributed by atoms with van der Waals surface area (Å²) in [5.41, 5.74) is 2.00. The highest BCUT2D eigenvalue weighted by Crippen LogP contribution is 2.30. The van der Waals surface area contributed by atoms with Gasteiger partial charge in [-0.1, -0.05) is 0 Å². The van der Waals surface area contributed by atoms with Crippen molar-refractivity contribution >= 4 is 11.5 Å². The van der Waals surface area contributed by atoms with Gasteiger partial charge >= 0.3 is 5.97 Å². The molecule has 0 spiro atoms. The van der Waals surface area contributed by atoms with Gasteiger partial charge in [0.05, 0.1) is 48.2 Å². The monoisotopic (exact) mass is 285 g/mol. The van der Waals surface area contributed by atoms with Crippen molar-refractivity contribution in [3.63, 3.8) is 0 Å². The molecule has 1 N–H and O–H groups in total. The van der Waals surface area contributed by atoms with Crippen molar-refractivity contribution in [3.8, 4) is 17.1 Å². The SMILES string of the molecule is O=C(O)c1cnn2cc(-c3cnn4c3OCCC4)ncc12. The van der Waals surface area contributed by atoms with E-state index in [1.165, 1.54) is 16.9 Å². The average Bonchev–Trinajstić information content (AvgIpc) is 3.10. The first-order valence-corrected chi connectivity index (χ1v) is 6.50. The largest absolute Gasteiger partial charge is 0.478 e. The van der Waals surface area contributed by atoms with Gasteiger partial charge in [0.25, 0.3) is 0 Å². The predicted molar refractivity (Wildman–Crippen MR) is 71.3 cm³/mol. The van der Waals surface area contributed by atoms with Crippen molar-refractivity contribution in [3.05, 3.63) is 30.4 Å². The molecule has 4 heterocycles. The second kappa shape index (κ2) is 4.30. The number of hydrogen-bond acceptors (Lipinski definition) is 5. The molecule has 8 nitrogen and oxygen atoms in total. The Morgan fingerprint density at radius 1 is 1.29 bits per heavy atom. The van der Waals surface area contributed by atoms with E-state index in [1.54, 1.807) is 17.1 Å². The first-order valence-electron chi connectivity index (χ1n) is 6.50. The van der Waals surface area contributed by atoms with Crippen LogP contribution in [-0.4, -0.2) is 42.1 Å². The summed E-state index contributed by atoms with van der Waals surface area (Å²) in [5, 5.41) is 17.4. The molecule has 106 valence electrons. The number of rotatable bonds is 2. The number of hydrogen-bond donors (Lipinski definition) is 1. The molecule has 0 aliphatic carbocycles. The molecule has 0 amide bonds. The van der Waals surface area contributed by atoms with E-state index in [0.29, 0.717) is 23.7 Å². The highest BCUT2D eigenvalue weighted by Gasteiger charge is 2.19. The molecule has 0 unspecified atom stereocenters. The Labute approximate surface area is 118 Å². The molecule has 0 saturated carbocycles.